The molecule has 2 aromatic carbocycles. The van der Waals surface area contributed by atoms with E-state index in [-0.39, 0.29) is 16.8 Å². The molecule has 184 valence electrons. The van der Waals surface area contributed by atoms with E-state index in [1.54, 1.807) is 24.3 Å². The van der Waals surface area contributed by atoms with E-state index in [1.165, 1.54) is 25.3 Å². The van der Waals surface area contributed by atoms with Crippen molar-refractivity contribution in [3.8, 4) is 5.75 Å². The van der Waals surface area contributed by atoms with Gasteiger partial charge in [0, 0.05) is 17.6 Å². The summed E-state index contributed by atoms with van der Waals surface area (Å²) in [7, 11) is -2.58. The van der Waals surface area contributed by atoms with E-state index in [0.717, 1.165) is 12.0 Å². The van der Waals surface area contributed by atoms with Crippen LogP contribution in [-0.4, -0.2) is 51.3 Å². The molecule has 0 saturated heterocycles. The Morgan fingerprint density at radius 3 is 2.56 bits per heavy atom. The molecule has 0 aromatic heterocycles. The van der Waals surface area contributed by atoms with Crippen molar-refractivity contribution in [1.82, 2.24) is 15.4 Å². The van der Waals surface area contributed by atoms with Gasteiger partial charge < -0.3 is 20.5 Å². The van der Waals surface area contributed by atoms with Crippen LogP contribution < -0.4 is 20.1 Å². The second-order valence-corrected chi connectivity index (χ2v) is 10.2. The quantitative estimate of drug-likeness (QED) is 0.432. The van der Waals surface area contributed by atoms with Crippen molar-refractivity contribution in [2.45, 2.75) is 49.1 Å². The third kappa shape index (κ3) is 7.09. The Balaban J connectivity index is 1.51. The molecule has 11 heteroatoms. The number of aliphatic hydroxyl groups is 1. The lowest BCUT2D eigenvalue weighted by atomic mass is 9.93. The minimum Gasteiger partial charge on any atom is -0.496 e. The van der Waals surface area contributed by atoms with Gasteiger partial charge in [-0.1, -0.05) is 23.7 Å². The Kier molecular flexibility index (Phi) is 8.76. The minimum atomic E-state index is -4.04. The van der Waals surface area contributed by atoms with Crippen LogP contribution in [0, 0.1) is 0 Å². The lowest BCUT2D eigenvalue weighted by molar-refractivity contribution is 0.0951. The fourth-order valence-corrected chi connectivity index (χ4v) is 4.89. The maximum Gasteiger partial charge on any atom is 0.328 e. The summed E-state index contributed by atoms with van der Waals surface area (Å²) in [6.45, 7) is 0.314. The lowest BCUT2D eigenvalue weighted by Gasteiger charge is -2.26. The highest BCUT2D eigenvalue weighted by Gasteiger charge is 2.24. The van der Waals surface area contributed by atoms with E-state index in [0.29, 0.717) is 48.6 Å². The van der Waals surface area contributed by atoms with Crippen molar-refractivity contribution in [2.24, 2.45) is 0 Å². The molecular weight excluding hydrogens is 482 g/mol. The molecular formula is C23H28ClN3O6S. The van der Waals surface area contributed by atoms with Gasteiger partial charge in [0.05, 0.1) is 23.7 Å². The first-order valence-electron chi connectivity index (χ1n) is 10.9. The second kappa shape index (κ2) is 11.5. The average molecular weight is 510 g/mol. The molecule has 1 saturated carbocycles. The molecule has 0 unspecified atom stereocenters. The molecule has 0 spiro atoms. The molecule has 1 aliphatic carbocycles. The number of halogens is 1. The molecule has 1 aliphatic rings. The largest absolute Gasteiger partial charge is 0.496 e. The number of nitrogens with one attached hydrogen (secondary N) is 3. The maximum absolute atomic E-state index is 12.5. The predicted molar refractivity (Wildman–Crippen MR) is 128 cm³/mol. The molecule has 2 atom stereocenters. The number of sulfonamides is 1. The van der Waals surface area contributed by atoms with Crippen LogP contribution >= 0.6 is 11.6 Å². The number of carbonyl (C=O) groups excluding carboxylic acids is 2. The zero-order chi connectivity index (χ0) is 24.7. The topological polar surface area (TPSA) is 134 Å². The summed E-state index contributed by atoms with van der Waals surface area (Å²) in [5, 5.41) is 15.5. The summed E-state index contributed by atoms with van der Waals surface area (Å²) in [5.41, 5.74) is 1.13. The molecule has 3 rings (SSSR count). The number of ether oxygens (including phenoxy) is 1. The van der Waals surface area contributed by atoms with E-state index in [4.69, 9.17) is 16.3 Å². The highest BCUT2D eigenvalue weighted by Crippen LogP contribution is 2.22. The minimum absolute atomic E-state index is 0.0530. The number of hydrogen-bond acceptors (Lipinski definition) is 6. The number of amides is 3. The van der Waals surface area contributed by atoms with Crippen LogP contribution in [0.25, 0.3) is 0 Å². The van der Waals surface area contributed by atoms with Gasteiger partial charge in [-0.25, -0.2) is 17.9 Å². The van der Waals surface area contributed by atoms with Crippen molar-refractivity contribution in [2.75, 3.05) is 13.7 Å². The second-order valence-electron chi connectivity index (χ2n) is 8.09. The van der Waals surface area contributed by atoms with Crippen molar-refractivity contribution >= 4 is 33.6 Å². The SMILES string of the molecule is COc1ccc(Cl)cc1C(=O)NCCc1ccc(S(=O)(=O)NC(=O)N[C@@H]2CCC[C@@H](O)C2)cc1. The van der Waals surface area contributed by atoms with Crippen LogP contribution in [0.2, 0.25) is 5.02 Å². The summed E-state index contributed by atoms with van der Waals surface area (Å²) in [6.07, 6.45) is 2.53. The third-order valence-electron chi connectivity index (χ3n) is 5.55. The molecule has 0 bridgehead atoms. The number of benzene rings is 2. The molecule has 3 amide bonds. The van der Waals surface area contributed by atoms with Crippen LogP contribution in [0.15, 0.2) is 47.4 Å². The number of carbonyl (C=O) groups is 2. The fraction of sp³-hybridized carbons (Fsp3) is 0.391. The van der Waals surface area contributed by atoms with Crippen LogP contribution in [0.3, 0.4) is 0 Å². The predicted octanol–water partition coefficient (Wildman–Crippen LogP) is 2.61. The van der Waals surface area contributed by atoms with Crippen LogP contribution in [0.4, 0.5) is 4.79 Å². The number of urea groups is 1. The van der Waals surface area contributed by atoms with E-state index in [1.807, 2.05) is 4.72 Å². The summed E-state index contributed by atoms with van der Waals surface area (Å²) < 4.78 is 32.2. The number of aliphatic hydroxyl groups excluding tert-OH is 1. The third-order valence-corrected chi connectivity index (χ3v) is 7.13. The van der Waals surface area contributed by atoms with E-state index < -0.39 is 22.2 Å². The van der Waals surface area contributed by atoms with Crippen LogP contribution in [0.1, 0.15) is 41.6 Å². The first kappa shape index (κ1) is 25.8. The fourth-order valence-electron chi connectivity index (χ4n) is 3.80. The van der Waals surface area contributed by atoms with E-state index >= 15 is 0 Å². The summed E-state index contributed by atoms with van der Waals surface area (Å²) in [5.74, 6) is 0.0758. The van der Waals surface area contributed by atoms with Crippen molar-refractivity contribution < 1.29 is 27.9 Å². The monoisotopic (exact) mass is 509 g/mol. The Bertz CT molecular complexity index is 1120. The standard InChI is InChI=1S/C23H28ClN3O6S/c1-33-21-10-7-16(24)13-20(21)22(29)25-12-11-15-5-8-19(9-6-15)34(31,32)27-23(30)26-17-3-2-4-18(28)14-17/h5-10,13,17-18,28H,2-4,11-12,14H2,1H3,(H,25,29)(H2,26,27,30)/t17-,18-/m1/s1. The molecule has 34 heavy (non-hydrogen) atoms. The highest BCUT2D eigenvalue weighted by molar-refractivity contribution is 7.90. The Morgan fingerprint density at radius 2 is 1.88 bits per heavy atom. The van der Waals surface area contributed by atoms with Gasteiger partial charge in [-0.05, 0) is 68.0 Å². The van der Waals surface area contributed by atoms with Gasteiger partial charge >= 0.3 is 6.03 Å². The Labute approximate surface area is 203 Å². The van der Waals surface area contributed by atoms with Crippen LogP contribution in [-0.2, 0) is 16.4 Å². The smallest absolute Gasteiger partial charge is 0.328 e. The highest BCUT2D eigenvalue weighted by atomic mass is 35.5. The molecule has 0 radical (unpaired) electrons. The van der Waals surface area contributed by atoms with Gasteiger partial charge in [0.25, 0.3) is 15.9 Å². The first-order valence-corrected chi connectivity index (χ1v) is 12.8. The van der Waals surface area contributed by atoms with Gasteiger partial charge in [0.15, 0.2) is 0 Å². The van der Waals surface area contributed by atoms with E-state index in [2.05, 4.69) is 10.6 Å². The van der Waals surface area contributed by atoms with Crippen molar-refractivity contribution in [3.63, 3.8) is 0 Å². The molecule has 1 fully saturated rings. The summed E-state index contributed by atoms with van der Waals surface area (Å²) >= 11 is 5.96. The van der Waals surface area contributed by atoms with Gasteiger partial charge in [-0.15, -0.1) is 0 Å². The average Bonchev–Trinajstić information content (AvgIpc) is 2.79. The molecule has 2 aromatic rings. The number of methoxy groups -OCH3 is 1. The Morgan fingerprint density at radius 1 is 1.15 bits per heavy atom. The van der Waals surface area contributed by atoms with Crippen molar-refractivity contribution in [3.05, 3.63) is 58.6 Å². The molecule has 9 nitrogen and oxygen atoms in total. The summed E-state index contributed by atoms with van der Waals surface area (Å²) in [4.78, 5) is 24.5. The van der Waals surface area contributed by atoms with Gasteiger partial charge in [0.1, 0.15) is 5.75 Å². The molecule has 4 N–H and O–H groups in total. The first-order chi connectivity index (χ1) is 16.2. The molecule has 0 heterocycles. The van der Waals surface area contributed by atoms with E-state index in [9.17, 15) is 23.1 Å². The number of rotatable bonds is 8. The zero-order valence-corrected chi connectivity index (χ0v) is 20.3. The number of hydrogen-bond donors (Lipinski definition) is 4. The lowest BCUT2D eigenvalue weighted by Crippen LogP contribution is -2.46. The normalized spacial score (nSPS) is 18.1. The molecule has 0 aliphatic heterocycles. The zero-order valence-electron chi connectivity index (χ0n) is 18.7. The van der Waals surface area contributed by atoms with Crippen LogP contribution in [0.5, 0.6) is 5.75 Å². The Hall–Kier alpha value is -2.82. The summed E-state index contributed by atoms with van der Waals surface area (Å²) in [6, 6.07) is 9.73. The van der Waals surface area contributed by atoms with Crippen molar-refractivity contribution in [1.29, 1.82) is 0 Å². The maximum atomic E-state index is 12.5. The van der Waals surface area contributed by atoms with Gasteiger partial charge in [0.2, 0.25) is 0 Å². The van der Waals surface area contributed by atoms with Gasteiger partial charge in [-0.3, -0.25) is 4.79 Å². The van der Waals surface area contributed by atoms with Gasteiger partial charge in [-0.2, -0.15) is 0 Å².